The van der Waals surface area contributed by atoms with Gasteiger partial charge >= 0.3 is 0 Å². The van der Waals surface area contributed by atoms with Crippen LogP contribution in [-0.2, 0) is 12.8 Å². The largest absolute Gasteiger partial charge is 0.315 e. The van der Waals surface area contributed by atoms with Crippen molar-refractivity contribution in [3.63, 3.8) is 0 Å². The van der Waals surface area contributed by atoms with E-state index < -0.39 is 0 Å². The smallest absolute Gasteiger partial charge is 0.147 e. The molecule has 1 aromatic heterocycles. The molecule has 0 amide bonds. The highest BCUT2D eigenvalue weighted by Crippen LogP contribution is 2.24. The van der Waals surface area contributed by atoms with E-state index in [9.17, 15) is 0 Å². The maximum atomic E-state index is 4.30. The maximum Gasteiger partial charge on any atom is 0.147 e. The Kier molecular flexibility index (Phi) is 5.68. The molecule has 0 bridgehead atoms. The summed E-state index contributed by atoms with van der Waals surface area (Å²) in [7, 11) is 0. The zero-order valence-corrected chi connectivity index (χ0v) is 13.3. The number of nitrogens with one attached hydrogen (secondary N) is 1. The molecule has 108 valence electrons. The highest BCUT2D eigenvalue weighted by molar-refractivity contribution is 7.14. The Morgan fingerprint density at radius 1 is 1.15 bits per heavy atom. The van der Waals surface area contributed by atoms with Crippen molar-refractivity contribution >= 4 is 11.3 Å². The SMILES string of the molecule is CCc1ccc(-c2nnc(CCCNC(C)C)s2)cc1. The van der Waals surface area contributed by atoms with Gasteiger partial charge in [0, 0.05) is 18.0 Å². The Morgan fingerprint density at radius 2 is 1.90 bits per heavy atom. The summed E-state index contributed by atoms with van der Waals surface area (Å²) in [5.74, 6) is 0. The topological polar surface area (TPSA) is 37.8 Å². The minimum atomic E-state index is 0.553. The van der Waals surface area contributed by atoms with Crippen LogP contribution in [-0.4, -0.2) is 22.8 Å². The Morgan fingerprint density at radius 3 is 2.55 bits per heavy atom. The van der Waals surface area contributed by atoms with Crippen molar-refractivity contribution in [2.75, 3.05) is 6.54 Å². The van der Waals surface area contributed by atoms with Crippen LogP contribution in [0.2, 0.25) is 0 Å². The second-order valence-corrected chi connectivity index (χ2v) is 6.33. The maximum absolute atomic E-state index is 4.30. The second kappa shape index (κ2) is 7.50. The summed E-state index contributed by atoms with van der Waals surface area (Å²) in [4.78, 5) is 0. The van der Waals surface area contributed by atoms with Gasteiger partial charge in [0.1, 0.15) is 10.0 Å². The van der Waals surface area contributed by atoms with Crippen molar-refractivity contribution in [2.24, 2.45) is 0 Å². The Labute approximate surface area is 125 Å². The van der Waals surface area contributed by atoms with Crippen LogP contribution in [0.4, 0.5) is 0 Å². The van der Waals surface area contributed by atoms with Crippen LogP contribution in [0.3, 0.4) is 0 Å². The van der Waals surface area contributed by atoms with Gasteiger partial charge in [0.05, 0.1) is 0 Å². The summed E-state index contributed by atoms with van der Waals surface area (Å²) in [5, 5.41) is 14.2. The lowest BCUT2D eigenvalue weighted by Crippen LogP contribution is -2.23. The summed E-state index contributed by atoms with van der Waals surface area (Å²) >= 11 is 1.71. The van der Waals surface area contributed by atoms with Crippen LogP contribution in [0.1, 0.15) is 37.8 Å². The average Bonchev–Trinajstić information content (AvgIpc) is 2.92. The summed E-state index contributed by atoms with van der Waals surface area (Å²) in [6.45, 7) is 7.55. The van der Waals surface area contributed by atoms with E-state index in [4.69, 9.17) is 0 Å². The number of aromatic nitrogens is 2. The molecule has 0 saturated heterocycles. The fraction of sp³-hybridized carbons (Fsp3) is 0.500. The third kappa shape index (κ3) is 4.39. The minimum Gasteiger partial charge on any atom is -0.315 e. The molecule has 0 saturated carbocycles. The summed E-state index contributed by atoms with van der Waals surface area (Å²) in [6, 6.07) is 9.18. The van der Waals surface area contributed by atoms with Crippen LogP contribution in [0, 0.1) is 0 Å². The molecule has 2 aromatic rings. The molecule has 0 unspecified atom stereocenters. The van der Waals surface area contributed by atoms with Gasteiger partial charge in [0.25, 0.3) is 0 Å². The van der Waals surface area contributed by atoms with Crippen molar-refractivity contribution in [3.8, 4) is 10.6 Å². The number of hydrogen-bond donors (Lipinski definition) is 1. The first kappa shape index (κ1) is 15.1. The van der Waals surface area contributed by atoms with E-state index >= 15 is 0 Å². The van der Waals surface area contributed by atoms with Gasteiger partial charge in [0.2, 0.25) is 0 Å². The predicted molar refractivity (Wildman–Crippen MR) is 86.2 cm³/mol. The van der Waals surface area contributed by atoms with Crippen LogP contribution in [0.25, 0.3) is 10.6 Å². The molecule has 0 aliphatic heterocycles. The van der Waals surface area contributed by atoms with E-state index in [1.807, 2.05) is 0 Å². The first-order chi connectivity index (χ1) is 9.69. The van der Waals surface area contributed by atoms with Gasteiger partial charge in [-0.2, -0.15) is 0 Å². The van der Waals surface area contributed by atoms with Gasteiger partial charge < -0.3 is 5.32 Å². The van der Waals surface area contributed by atoms with Crippen LogP contribution >= 0.6 is 11.3 Å². The summed E-state index contributed by atoms with van der Waals surface area (Å²) in [6.07, 6.45) is 3.19. The molecule has 3 nitrogen and oxygen atoms in total. The highest BCUT2D eigenvalue weighted by atomic mass is 32.1. The van der Waals surface area contributed by atoms with Crippen molar-refractivity contribution in [1.82, 2.24) is 15.5 Å². The van der Waals surface area contributed by atoms with Crippen molar-refractivity contribution in [3.05, 3.63) is 34.8 Å². The van der Waals surface area contributed by atoms with Crippen LogP contribution in [0.15, 0.2) is 24.3 Å². The standard InChI is InChI=1S/C16H23N3S/c1-4-13-7-9-14(10-8-13)16-19-18-15(20-16)6-5-11-17-12(2)3/h7-10,12,17H,4-6,11H2,1-3H3. The second-order valence-electron chi connectivity index (χ2n) is 5.26. The Hall–Kier alpha value is -1.26. The molecular weight excluding hydrogens is 266 g/mol. The quantitative estimate of drug-likeness (QED) is 0.790. The number of aryl methyl sites for hydroxylation is 2. The van der Waals surface area contributed by atoms with Gasteiger partial charge in [0.15, 0.2) is 0 Å². The Balaban J connectivity index is 1.90. The first-order valence-corrected chi connectivity index (χ1v) is 8.15. The van der Waals surface area contributed by atoms with Crippen molar-refractivity contribution < 1.29 is 0 Å². The lowest BCUT2D eigenvalue weighted by Gasteiger charge is -2.05. The van der Waals surface area contributed by atoms with E-state index in [0.29, 0.717) is 6.04 Å². The van der Waals surface area contributed by atoms with Gasteiger partial charge in [-0.15, -0.1) is 10.2 Å². The normalized spacial score (nSPS) is 11.2. The van der Waals surface area contributed by atoms with E-state index in [0.717, 1.165) is 35.8 Å². The molecule has 0 fully saturated rings. The molecule has 1 aromatic carbocycles. The molecule has 1 N–H and O–H groups in total. The molecule has 0 aliphatic carbocycles. The lowest BCUT2D eigenvalue weighted by molar-refractivity contribution is 0.569. The molecule has 0 radical (unpaired) electrons. The van der Waals surface area contributed by atoms with Crippen LogP contribution in [0.5, 0.6) is 0 Å². The minimum absolute atomic E-state index is 0.553. The molecule has 20 heavy (non-hydrogen) atoms. The molecule has 4 heteroatoms. The van der Waals surface area contributed by atoms with Gasteiger partial charge in [-0.05, 0) is 24.9 Å². The third-order valence-electron chi connectivity index (χ3n) is 3.20. The van der Waals surface area contributed by atoms with E-state index in [2.05, 4.69) is 60.6 Å². The number of rotatable bonds is 7. The molecule has 2 rings (SSSR count). The molecule has 0 spiro atoms. The zero-order chi connectivity index (χ0) is 14.4. The Bertz CT molecular complexity index is 517. The number of nitrogens with zero attached hydrogens (tertiary/aromatic N) is 2. The number of hydrogen-bond acceptors (Lipinski definition) is 4. The summed E-state index contributed by atoms with van der Waals surface area (Å²) < 4.78 is 0. The van der Waals surface area contributed by atoms with Crippen molar-refractivity contribution in [1.29, 1.82) is 0 Å². The van der Waals surface area contributed by atoms with E-state index in [1.54, 1.807) is 11.3 Å². The predicted octanol–water partition coefficient (Wildman–Crippen LogP) is 3.70. The van der Waals surface area contributed by atoms with E-state index in [1.165, 1.54) is 11.1 Å². The van der Waals surface area contributed by atoms with Gasteiger partial charge in [-0.3, -0.25) is 0 Å². The van der Waals surface area contributed by atoms with Gasteiger partial charge in [-0.25, -0.2) is 0 Å². The summed E-state index contributed by atoms with van der Waals surface area (Å²) in [5.41, 5.74) is 2.53. The lowest BCUT2D eigenvalue weighted by atomic mass is 10.1. The van der Waals surface area contributed by atoms with E-state index in [-0.39, 0.29) is 0 Å². The van der Waals surface area contributed by atoms with Crippen molar-refractivity contribution in [2.45, 2.75) is 46.1 Å². The molecule has 0 atom stereocenters. The highest BCUT2D eigenvalue weighted by Gasteiger charge is 2.06. The fourth-order valence-corrected chi connectivity index (χ4v) is 2.87. The molecular formula is C16H23N3S. The molecule has 0 aliphatic rings. The third-order valence-corrected chi connectivity index (χ3v) is 4.23. The number of benzene rings is 1. The fourth-order valence-electron chi connectivity index (χ4n) is 1.98. The molecule has 1 heterocycles. The average molecular weight is 289 g/mol. The van der Waals surface area contributed by atoms with Crippen LogP contribution < -0.4 is 5.32 Å². The monoisotopic (exact) mass is 289 g/mol. The first-order valence-electron chi connectivity index (χ1n) is 7.34. The van der Waals surface area contributed by atoms with Gasteiger partial charge in [-0.1, -0.05) is 56.4 Å². The zero-order valence-electron chi connectivity index (χ0n) is 12.5.